The maximum absolute atomic E-state index is 13.3. The zero-order chi connectivity index (χ0) is 15.5. The topological polar surface area (TPSA) is 52.8 Å². The van der Waals surface area contributed by atoms with Gasteiger partial charge in [0.05, 0.1) is 13.7 Å². The Morgan fingerprint density at radius 2 is 1.91 bits per heavy atom. The van der Waals surface area contributed by atoms with Crippen LogP contribution in [0.1, 0.15) is 5.56 Å². The lowest BCUT2D eigenvalue weighted by Crippen LogP contribution is -2.06. The molecule has 1 aromatic heterocycles. The van der Waals surface area contributed by atoms with Crippen LogP contribution in [0.3, 0.4) is 0 Å². The van der Waals surface area contributed by atoms with Crippen molar-refractivity contribution < 1.29 is 13.5 Å². The summed E-state index contributed by atoms with van der Waals surface area (Å²) < 4.78 is 31.7. The molecule has 3 rings (SSSR count). The van der Waals surface area contributed by atoms with Crippen LogP contribution < -0.4 is 4.74 Å². The fraction of sp³-hybridized carbons (Fsp3) is 0.133. The van der Waals surface area contributed by atoms with E-state index in [0.717, 1.165) is 0 Å². The van der Waals surface area contributed by atoms with E-state index < -0.39 is 0 Å². The standard InChI is InChI=1S/C15H12F2N4O/c1-22-14-6-5-13(17)8-11(14)9-21-19-15(18-20-21)10-3-2-4-12(16)7-10/h2-8H,9H2,1H3. The van der Waals surface area contributed by atoms with Gasteiger partial charge in [-0.1, -0.05) is 12.1 Å². The first-order valence-electron chi connectivity index (χ1n) is 6.52. The lowest BCUT2D eigenvalue weighted by Gasteiger charge is -2.07. The van der Waals surface area contributed by atoms with Gasteiger partial charge >= 0.3 is 0 Å². The molecule has 0 radical (unpaired) electrons. The number of hydrogen-bond acceptors (Lipinski definition) is 4. The summed E-state index contributed by atoms with van der Waals surface area (Å²) in [6.07, 6.45) is 0. The molecule has 0 saturated carbocycles. The van der Waals surface area contributed by atoms with Gasteiger partial charge in [0, 0.05) is 11.1 Å². The number of aromatic nitrogens is 4. The van der Waals surface area contributed by atoms with Gasteiger partial charge in [-0.2, -0.15) is 4.80 Å². The summed E-state index contributed by atoms with van der Waals surface area (Å²) in [6, 6.07) is 10.1. The molecule has 0 unspecified atom stereocenters. The van der Waals surface area contributed by atoms with E-state index in [1.807, 2.05) is 0 Å². The molecule has 0 aliphatic rings. The third kappa shape index (κ3) is 2.93. The largest absolute Gasteiger partial charge is 0.496 e. The minimum Gasteiger partial charge on any atom is -0.496 e. The molecule has 0 amide bonds. The zero-order valence-electron chi connectivity index (χ0n) is 11.7. The highest BCUT2D eigenvalue weighted by Gasteiger charge is 2.10. The van der Waals surface area contributed by atoms with Gasteiger partial charge in [0.2, 0.25) is 5.82 Å². The number of methoxy groups -OCH3 is 1. The quantitative estimate of drug-likeness (QED) is 0.743. The number of rotatable bonds is 4. The SMILES string of the molecule is COc1ccc(F)cc1Cn1nnc(-c2cccc(F)c2)n1. The molecular weight excluding hydrogens is 290 g/mol. The number of nitrogens with zero attached hydrogens (tertiary/aromatic N) is 4. The maximum atomic E-state index is 13.3. The van der Waals surface area contributed by atoms with E-state index in [2.05, 4.69) is 15.4 Å². The van der Waals surface area contributed by atoms with Crippen molar-refractivity contribution in [2.45, 2.75) is 6.54 Å². The fourth-order valence-corrected chi connectivity index (χ4v) is 2.08. The van der Waals surface area contributed by atoms with Crippen molar-refractivity contribution in [2.75, 3.05) is 7.11 Å². The molecule has 0 aliphatic heterocycles. The molecule has 22 heavy (non-hydrogen) atoms. The molecule has 112 valence electrons. The Balaban J connectivity index is 1.87. The lowest BCUT2D eigenvalue weighted by molar-refractivity contribution is 0.403. The van der Waals surface area contributed by atoms with Crippen LogP contribution >= 0.6 is 0 Å². The Labute approximate surface area is 125 Å². The van der Waals surface area contributed by atoms with E-state index >= 15 is 0 Å². The average molecular weight is 302 g/mol. The van der Waals surface area contributed by atoms with Crippen LogP contribution in [0.25, 0.3) is 11.4 Å². The van der Waals surface area contributed by atoms with Gasteiger partial charge in [-0.25, -0.2) is 8.78 Å². The predicted molar refractivity (Wildman–Crippen MR) is 75.3 cm³/mol. The number of benzene rings is 2. The first-order valence-corrected chi connectivity index (χ1v) is 6.52. The van der Waals surface area contributed by atoms with Gasteiger partial charge in [-0.15, -0.1) is 10.2 Å². The lowest BCUT2D eigenvalue weighted by atomic mass is 10.2. The molecule has 0 aliphatic carbocycles. The maximum Gasteiger partial charge on any atom is 0.205 e. The fourth-order valence-electron chi connectivity index (χ4n) is 2.08. The molecule has 3 aromatic rings. The minimum atomic E-state index is -0.374. The first-order chi connectivity index (χ1) is 10.7. The van der Waals surface area contributed by atoms with E-state index in [1.165, 1.54) is 42.2 Å². The van der Waals surface area contributed by atoms with Crippen LogP contribution in [0.15, 0.2) is 42.5 Å². The molecule has 0 spiro atoms. The van der Waals surface area contributed by atoms with E-state index in [-0.39, 0.29) is 18.2 Å². The molecule has 0 N–H and O–H groups in total. The highest BCUT2D eigenvalue weighted by Crippen LogP contribution is 2.20. The van der Waals surface area contributed by atoms with Crippen molar-refractivity contribution in [3.8, 4) is 17.1 Å². The Bertz CT molecular complexity index is 804. The van der Waals surface area contributed by atoms with Crippen LogP contribution in [-0.4, -0.2) is 27.3 Å². The van der Waals surface area contributed by atoms with Crippen LogP contribution in [0.5, 0.6) is 5.75 Å². The predicted octanol–water partition coefficient (Wildman–Crippen LogP) is 2.68. The number of hydrogen-bond donors (Lipinski definition) is 0. The number of halogens is 2. The van der Waals surface area contributed by atoms with E-state index in [0.29, 0.717) is 22.7 Å². The molecule has 2 aromatic carbocycles. The number of ether oxygens (including phenoxy) is 1. The van der Waals surface area contributed by atoms with Gasteiger partial charge in [0.15, 0.2) is 0 Å². The van der Waals surface area contributed by atoms with E-state index in [4.69, 9.17) is 4.74 Å². The molecule has 0 saturated heterocycles. The van der Waals surface area contributed by atoms with E-state index in [9.17, 15) is 8.78 Å². The van der Waals surface area contributed by atoms with Gasteiger partial charge < -0.3 is 4.74 Å². The summed E-state index contributed by atoms with van der Waals surface area (Å²) in [5, 5.41) is 12.0. The second-order valence-electron chi connectivity index (χ2n) is 4.61. The van der Waals surface area contributed by atoms with Crippen molar-refractivity contribution in [3.63, 3.8) is 0 Å². The summed E-state index contributed by atoms with van der Waals surface area (Å²) in [4.78, 5) is 1.30. The smallest absolute Gasteiger partial charge is 0.205 e. The molecule has 0 bridgehead atoms. The summed E-state index contributed by atoms with van der Waals surface area (Å²) in [6.45, 7) is 0.198. The third-order valence-electron chi connectivity index (χ3n) is 3.09. The van der Waals surface area contributed by atoms with Crippen molar-refractivity contribution in [1.82, 2.24) is 20.2 Å². The summed E-state index contributed by atoms with van der Waals surface area (Å²) in [5.74, 6) is 0.0859. The van der Waals surface area contributed by atoms with Crippen LogP contribution in [-0.2, 0) is 6.54 Å². The van der Waals surface area contributed by atoms with Crippen molar-refractivity contribution in [2.24, 2.45) is 0 Å². The molecule has 5 nitrogen and oxygen atoms in total. The molecule has 7 heteroatoms. The monoisotopic (exact) mass is 302 g/mol. The van der Waals surface area contributed by atoms with Gasteiger partial charge in [0.25, 0.3) is 0 Å². The highest BCUT2D eigenvalue weighted by molar-refractivity contribution is 5.53. The number of tetrazole rings is 1. The Hall–Kier alpha value is -2.83. The van der Waals surface area contributed by atoms with Gasteiger partial charge in [-0.05, 0) is 35.5 Å². The summed E-state index contributed by atoms with van der Waals surface area (Å²) >= 11 is 0. The Kier molecular flexibility index (Phi) is 3.78. The molecule has 0 fully saturated rings. The molecule has 0 atom stereocenters. The van der Waals surface area contributed by atoms with Crippen molar-refractivity contribution in [1.29, 1.82) is 0 Å². The third-order valence-corrected chi connectivity index (χ3v) is 3.09. The minimum absolute atomic E-state index is 0.198. The normalized spacial score (nSPS) is 10.7. The van der Waals surface area contributed by atoms with E-state index in [1.54, 1.807) is 12.1 Å². The first kappa shape index (κ1) is 14.1. The summed E-state index contributed by atoms with van der Waals surface area (Å²) in [5.41, 5.74) is 1.11. The Morgan fingerprint density at radius 1 is 1.09 bits per heavy atom. The van der Waals surface area contributed by atoms with Gasteiger partial charge in [0.1, 0.15) is 17.4 Å². The van der Waals surface area contributed by atoms with Crippen LogP contribution in [0.2, 0.25) is 0 Å². The second-order valence-corrected chi connectivity index (χ2v) is 4.61. The van der Waals surface area contributed by atoms with Crippen molar-refractivity contribution in [3.05, 3.63) is 59.7 Å². The second kappa shape index (κ2) is 5.88. The average Bonchev–Trinajstić information content (AvgIpc) is 2.96. The highest BCUT2D eigenvalue weighted by atomic mass is 19.1. The zero-order valence-corrected chi connectivity index (χ0v) is 11.7. The van der Waals surface area contributed by atoms with Crippen LogP contribution in [0.4, 0.5) is 8.78 Å². The Morgan fingerprint density at radius 3 is 2.68 bits per heavy atom. The molecule has 1 heterocycles. The summed E-state index contributed by atoms with van der Waals surface area (Å²) in [7, 11) is 1.50. The van der Waals surface area contributed by atoms with Crippen molar-refractivity contribution >= 4 is 0 Å². The molecular formula is C15H12F2N4O. The van der Waals surface area contributed by atoms with Gasteiger partial charge in [-0.3, -0.25) is 0 Å². The van der Waals surface area contributed by atoms with Crippen LogP contribution in [0, 0.1) is 11.6 Å².